The summed E-state index contributed by atoms with van der Waals surface area (Å²) in [6.07, 6.45) is 4.90. The number of ether oxygens (including phenoxy) is 1. The van der Waals surface area contributed by atoms with Gasteiger partial charge < -0.3 is 10.1 Å². The van der Waals surface area contributed by atoms with Crippen molar-refractivity contribution in [2.45, 2.75) is 58.4 Å². The van der Waals surface area contributed by atoms with Gasteiger partial charge in [0.2, 0.25) is 0 Å². The number of esters is 1. The van der Waals surface area contributed by atoms with Gasteiger partial charge in [0.25, 0.3) is 0 Å². The molecule has 1 N–H and O–H groups in total. The molecular formula is C18H27NO2. The van der Waals surface area contributed by atoms with Gasteiger partial charge in [-0.05, 0) is 56.6 Å². The van der Waals surface area contributed by atoms with E-state index >= 15 is 0 Å². The molecule has 1 aromatic rings. The first-order valence-corrected chi connectivity index (χ1v) is 7.98. The number of hydrogen-bond acceptors (Lipinski definition) is 3. The van der Waals surface area contributed by atoms with Crippen molar-refractivity contribution in [1.82, 2.24) is 0 Å². The summed E-state index contributed by atoms with van der Waals surface area (Å²) in [5, 5.41) is 3.48. The minimum Gasteiger partial charge on any atom is -0.464 e. The normalized spacial score (nSPS) is 24.9. The van der Waals surface area contributed by atoms with E-state index in [0.29, 0.717) is 12.0 Å². The lowest BCUT2D eigenvalue weighted by molar-refractivity contribution is -0.149. The van der Waals surface area contributed by atoms with Crippen LogP contribution in [0.15, 0.2) is 30.3 Å². The number of hydrogen-bond donors (Lipinski definition) is 1. The molecule has 21 heavy (non-hydrogen) atoms. The summed E-state index contributed by atoms with van der Waals surface area (Å²) in [6, 6.07) is 9.98. The topological polar surface area (TPSA) is 38.3 Å². The van der Waals surface area contributed by atoms with E-state index in [4.69, 9.17) is 4.74 Å². The molecule has 3 heteroatoms. The van der Waals surface area contributed by atoms with Crippen LogP contribution >= 0.6 is 0 Å². The molecule has 0 saturated heterocycles. The monoisotopic (exact) mass is 289 g/mol. The Morgan fingerprint density at radius 2 is 1.86 bits per heavy atom. The van der Waals surface area contributed by atoms with Gasteiger partial charge in [-0.15, -0.1) is 0 Å². The Balaban J connectivity index is 2.24. The van der Waals surface area contributed by atoms with Crippen molar-refractivity contribution >= 4 is 11.7 Å². The van der Waals surface area contributed by atoms with E-state index in [1.54, 1.807) is 0 Å². The Kier molecular flexibility index (Phi) is 4.92. The number of nitrogens with one attached hydrogen (secondary N) is 1. The molecule has 0 amide bonds. The van der Waals surface area contributed by atoms with E-state index in [9.17, 15) is 4.79 Å². The lowest BCUT2D eigenvalue weighted by atomic mass is 9.83. The maximum atomic E-state index is 12.6. The molecule has 0 spiro atoms. The zero-order valence-electron chi connectivity index (χ0n) is 13.4. The highest BCUT2D eigenvalue weighted by Gasteiger charge is 2.42. The SMILES string of the molecule is CCOC(=O)C1(Nc2ccccc2)CCCC(C)(C)CC1. The standard InChI is InChI=1S/C18H27NO2/c1-4-21-16(20)18(19-15-9-6-5-7-10-15)12-8-11-17(2,3)13-14-18/h5-7,9-10,19H,4,8,11-14H2,1-3H3. The van der Waals surface area contributed by atoms with Gasteiger partial charge in [-0.3, -0.25) is 0 Å². The van der Waals surface area contributed by atoms with Crippen LogP contribution in [-0.4, -0.2) is 18.1 Å². The molecule has 3 nitrogen and oxygen atoms in total. The molecule has 2 rings (SSSR count). The third kappa shape index (κ3) is 3.99. The quantitative estimate of drug-likeness (QED) is 0.660. The third-order valence-corrected chi connectivity index (χ3v) is 4.51. The predicted octanol–water partition coefficient (Wildman–Crippen LogP) is 4.39. The van der Waals surface area contributed by atoms with Gasteiger partial charge in [0.1, 0.15) is 5.54 Å². The van der Waals surface area contributed by atoms with Gasteiger partial charge >= 0.3 is 5.97 Å². The first kappa shape index (κ1) is 15.9. The van der Waals surface area contributed by atoms with Crippen LogP contribution in [0.4, 0.5) is 5.69 Å². The van der Waals surface area contributed by atoms with Gasteiger partial charge in [-0.25, -0.2) is 4.79 Å². The Labute approximate surface area is 128 Å². The van der Waals surface area contributed by atoms with Crippen molar-refractivity contribution in [2.24, 2.45) is 5.41 Å². The number of carbonyl (C=O) groups is 1. The van der Waals surface area contributed by atoms with Gasteiger partial charge in [-0.1, -0.05) is 32.0 Å². The van der Waals surface area contributed by atoms with Crippen molar-refractivity contribution in [3.63, 3.8) is 0 Å². The van der Waals surface area contributed by atoms with Gasteiger partial charge in [-0.2, -0.15) is 0 Å². The summed E-state index contributed by atoms with van der Waals surface area (Å²) in [6.45, 7) is 6.88. The van der Waals surface area contributed by atoms with Crippen molar-refractivity contribution in [3.8, 4) is 0 Å². The summed E-state index contributed by atoms with van der Waals surface area (Å²) in [5.74, 6) is -0.105. The zero-order chi connectivity index (χ0) is 15.3. The van der Waals surface area contributed by atoms with Crippen LogP contribution in [0.25, 0.3) is 0 Å². The fourth-order valence-corrected chi connectivity index (χ4v) is 3.12. The maximum Gasteiger partial charge on any atom is 0.331 e. The van der Waals surface area contributed by atoms with Crippen LogP contribution < -0.4 is 5.32 Å². The number of rotatable bonds is 4. The van der Waals surface area contributed by atoms with E-state index < -0.39 is 5.54 Å². The van der Waals surface area contributed by atoms with Crippen molar-refractivity contribution in [2.75, 3.05) is 11.9 Å². The third-order valence-electron chi connectivity index (χ3n) is 4.51. The fourth-order valence-electron chi connectivity index (χ4n) is 3.12. The summed E-state index contributed by atoms with van der Waals surface area (Å²) < 4.78 is 5.38. The van der Waals surface area contributed by atoms with E-state index in [-0.39, 0.29) is 5.97 Å². The Morgan fingerprint density at radius 1 is 1.14 bits per heavy atom. The number of carbonyl (C=O) groups excluding carboxylic acids is 1. The fraction of sp³-hybridized carbons (Fsp3) is 0.611. The molecule has 0 radical (unpaired) electrons. The largest absolute Gasteiger partial charge is 0.464 e. The second-order valence-corrected chi connectivity index (χ2v) is 6.81. The number of benzene rings is 1. The second-order valence-electron chi connectivity index (χ2n) is 6.81. The average molecular weight is 289 g/mol. The molecule has 0 bridgehead atoms. The lowest BCUT2D eigenvalue weighted by Crippen LogP contribution is -2.47. The van der Waals surface area contributed by atoms with E-state index in [1.807, 2.05) is 37.3 Å². The van der Waals surface area contributed by atoms with Crippen LogP contribution in [0.3, 0.4) is 0 Å². The van der Waals surface area contributed by atoms with Crippen LogP contribution in [0.1, 0.15) is 52.9 Å². The summed E-state index contributed by atoms with van der Waals surface area (Å²) in [4.78, 5) is 12.6. The van der Waals surface area contributed by atoms with E-state index in [2.05, 4.69) is 19.2 Å². The highest BCUT2D eigenvalue weighted by Crippen LogP contribution is 2.40. The molecular weight excluding hydrogens is 262 g/mol. The van der Waals surface area contributed by atoms with Crippen LogP contribution in [-0.2, 0) is 9.53 Å². The van der Waals surface area contributed by atoms with Crippen molar-refractivity contribution in [3.05, 3.63) is 30.3 Å². The first-order chi connectivity index (χ1) is 9.97. The molecule has 1 aliphatic rings. The van der Waals surface area contributed by atoms with Gasteiger partial charge in [0.05, 0.1) is 6.61 Å². The number of anilines is 1. The van der Waals surface area contributed by atoms with Crippen LogP contribution in [0.2, 0.25) is 0 Å². The van der Waals surface area contributed by atoms with E-state index in [0.717, 1.165) is 37.8 Å². The van der Waals surface area contributed by atoms with Gasteiger partial charge in [0.15, 0.2) is 0 Å². The Morgan fingerprint density at radius 3 is 2.52 bits per heavy atom. The first-order valence-electron chi connectivity index (χ1n) is 7.98. The Hall–Kier alpha value is -1.51. The van der Waals surface area contributed by atoms with Crippen LogP contribution in [0, 0.1) is 5.41 Å². The van der Waals surface area contributed by atoms with Gasteiger partial charge in [0, 0.05) is 5.69 Å². The second kappa shape index (κ2) is 6.50. The highest BCUT2D eigenvalue weighted by atomic mass is 16.5. The maximum absolute atomic E-state index is 12.6. The summed E-state index contributed by atoms with van der Waals surface area (Å²) >= 11 is 0. The van der Waals surface area contributed by atoms with Crippen molar-refractivity contribution in [1.29, 1.82) is 0 Å². The lowest BCUT2D eigenvalue weighted by Gasteiger charge is -2.33. The molecule has 0 heterocycles. The molecule has 0 aliphatic heterocycles. The van der Waals surface area contributed by atoms with E-state index in [1.165, 1.54) is 0 Å². The molecule has 1 unspecified atom stereocenters. The molecule has 1 fully saturated rings. The minimum atomic E-state index is -0.578. The summed E-state index contributed by atoms with van der Waals surface area (Å²) in [7, 11) is 0. The molecule has 1 atom stereocenters. The summed E-state index contributed by atoms with van der Waals surface area (Å²) in [5.41, 5.74) is 0.711. The molecule has 1 saturated carbocycles. The van der Waals surface area contributed by atoms with Crippen LogP contribution in [0.5, 0.6) is 0 Å². The number of para-hydroxylation sites is 1. The molecule has 1 aromatic carbocycles. The molecule has 116 valence electrons. The highest BCUT2D eigenvalue weighted by molar-refractivity contribution is 5.84. The minimum absolute atomic E-state index is 0.105. The predicted molar refractivity (Wildman–Crippen MR) is 86.3 cm³/mol. The molecule has 1 aliphatic carbocycles. The molecule has 0 aromatic heterocycles. The average Bonchev–Trinajstić information content (AvgIpc) is 2.60. The Bertz CT molecular complexity index is 469. The zero-order valence-corrected chi connectivity index (χ0v) is 13.4. The van der Waals surface area contributed by atoms with Crippen molar-refractivity contribution < 1.29 is 9.53 Å². The smallest absolute Gasteiger partial charge is 0.331 e.